The highest BCUT2D eigenvalue weighted by molar-refractivity contribution is 5.87. The Bertz CT molecular complexity index is 2180. The molecule has 6 aliphatic rings. The highest BCUT2D eigenvalue weighted by Crippen LogP contribution is 2.68. The molecule has 3 N–H and O–H groups in total. The molecule has 1 aromatic carbocycles. The lowest BCUT2D eigenvalue weighted by Crippen LogP contribution is -2.58. The number of benzene rings is 1. The highest BCUT2D eigenvalue weighted by Gasteiger charge is 2.63. The van der Waals surface area contributed by atoms with E-state index in [-0.39, 0.29) is 54.2 Å². The van der Waals surface area contributed by atoms with E-state index in [2.05, 4.69) is 20.8 Å². The van der Waals surface area contributed by atoms with E-state index >= 15 is 0 Å². The number of aromatic nitrogens is 2. The number of cyclic esters (lactones) is 1. The number of carbonyl (C=O) groups is 2. The Morgan fingerprint density at radius 2 is 1.86 bits per heavy atom. The van der Waals surface area contributed by atoms with Crippen molar-refractivity contribution in [2.45, 2.75) is 136 Å². The summed E-state index contributed by atoms with van der Waals surface area (Å²) in [7, 11) is 0. The fourth-order valence-corrected chi connectivity index (χ4v) is 13.3. The van der Waals surface area contributed by atoms with Crippen LogP contribution in [0.25, 0.3) is 22.3 Å². The van der Waals surface area contributed by atoms with E-state index in [1.165, 1.54) is 12.8 Å². The summed E-state index contributed by atoms with van der Waals surface area (Å²) < 4.78 is 18.5. The van der Waals surface area contributed by atoms with Gasteiger partial charge in [-0.05, 0) is 141 Å². The van der Waals surface area contributed by atoms with Crippen molar-refractivity contribution in [3.8, 4) is 17.1 Å². The molecule has 0 amide bonds. The Morgan fingerprint density at radius 1 is 1.03 bits per heavy atom. The van der Waals surface area contributed by atoms with Crippen molar-refractivity contribution < 1.29 is 39.1 Å². The topological polar surface area (TPSA) is 157 Å². The van der Waals surface area contributed by atoms with Crippen LogP contribution in [0.1, 0.15) is 121 Å². The molecule has 4 fully saturated rings. The van der Waals surface area contributed by atoms with Crippen molar-refractivity contribution >= 4 is 22.8 Å². The quantitative estimate of drug-likeness (QED) is 0.115. The van der Waals surface area contributed by atoms with Gasteiger partial charge in [-0.3, -0.25) is 9.59 Å². The number of pyridine rings is 2. The second-order valence-corrected chi connectivity index (χ2v) is 19.3. The molecule has 2 aromatic heterocycles. The average molecular weight is 797 g/mol. The molecule has 0 radical (unpaired) electrons. The van der Waals surface area contributed by atoms with Gasteiger partial charge in [-0.1, -0.05) is 27.7 Å². The Balaban J connectivity index is 0.760. The highest BCUT2D eigenvalue weighted by atomic mass is 16.6. The lowest BCUT2D eigenvalue weighted by Gasteiger charge is -2.62. The van der Waals surface area contributed by atoms with E-state index in [1.807, 2.05) is 24.3 Å². The van der Waals surface area contributed by atoms with Gasteiger partial charge in [-0.25, -0.2) is 9.78 Å². The number of carbonyl (C=O) groups excluding carboxylic acids is 2. The number of hydrogen-bond acceptors (Lipinski definition) is 10. The molecule has 4 aliphatic carbocycles. The standard InChI is InChI=1S/C47H60N2O9/c1-5-47(55)37-22-39-42-28(24-49(39)43(53)33(37)25-58-44(47)54)19-27-20-31(9-13-38(27)48-42)56-17-6-18-57-41(52)14-7-26(2)34-11-12-35-32-10-8-29-21-30(50)15-16-45(29,3)36(32)23-40(51)46(34,35)4/h9,13,19-20,22,26,29-30,32,34-36,40,50-51,55H,5-8,10-12,14-18,21,23-25H2,1-4H3/t26-,29?,30?,32?,34?,35?,36?,40?,45?,46?,47+/m1/s1. The molecule has 11 nitrogen and oxygen atoms in total. The van der Waals surface area contributed by atoms with Gasteiger partial charge in [0.25, 0.3) is 5.56 Å². The third kappa shape index (κ3) is 6.23. The first-order valence-corrected chi connectivity index (χ1v) is 22.0. The van der Waals surface area contributed by atoms with Gasteiger partial charge in [0.1, 0.15) is 12.4 Å². The summed E-state index contributed by atoms with van der Waals surface area (Å²) in [5, 5.41) is 34.3. The zero-order valence-electron chi connectivity index (χ0n) is 34.5. The number of aliphatic hydroxyl groups is 3. The number of fused-ring (bicyclic) bond motifs is 10. The third-order valence-electron chi connectivity index (χ3n) is 16.6. The normalized spacial score (nSPS) is 35.2. The van der Waals surface area contributed by atoms with Gasteiger partial charge >= 0.3 is 11.9 Å². The van der Waals surface area contributed by atoms with Crippen LogP contribution in [-0.4, -0.2) is 62.2 Å². The van der Waals surface area contributed by atoms with Crippen molar-refractivity contribution in [3.05, 3.63) is 57.4 Å². The van der Waals surface area contributed by atoms with Crippen molar-refractivity contribution in [3.63, 3.8) is 0 Å². The minimum absolute atomic E-state index is 0.0898. The first kappa shape index (κ1) is 39.6. The number of ether oxygens (including phenoxy) is 3. The van der Waals surface area contributed by atoms with Crippen LogP contribution in [0.3, 0.4) is 0 Å². The second-order valence-electron chi connectivity index (χ2n) is 19.3. The van der Waals surface area contributed by atoms with Gasteiger partial charge < -0.3 is 34.1 Å². The van der Waals surface area contributed by atoms with Crippen LogP contribution in [0.5, 0.6) is 5.75 Å². The number of esters is 2. The minimum Gasteiger partial charge on any atom is -0.493 e. The smallest absolute Gasteiger partial charge is 0.343 e. The van der Waals surface area contributed by atoms with Crippen LogP contribution in [-0.2, 0) is 37.8 Å². The molecule has 11 atom stereocenters. The molecule has 0 saturated heterocycles. The molecule has 11 heteroatoms. The molecule has 9 rings (SSSR count). The molecular formula is C47H60N2O9. The number of rotatable bonds is 10. The van der Waals surface area contributed by atoms with Gasteiger partial charge in [0.05, 0.1) is 54.4 Å². The molecule has 0 bridgehead atoms. The Kier molecular flexibility index (Phi) is 10.1. The Morgan fingerprint density at radius 3 is 2.67 bits per heavy atom. The lowest BCUT2D eigenvalue weighted by atomic mass is 9.43. The molecule has 0 spiro atoms. The third-order valence-corrected chi connectivity index (χ3v) is 16.6. The second kappa shape index (κ2) is 14.7. The zero-order valence-corrected chi connectivity index (χ0v) is 34.5. The van der Waals surface area contributed by atoms with E-state index in [1.54, 1.807) is 17.6 Å². The van der Waals surface area contributed by atoms with Crippen molar-refractivity contribution in [1.82, 2.24) is 9.55 Å². The van der Waals surface area contributed by atoms with Crippen molar-refractivity contribution in [2.24, 2.45) is 46.3 Å². The van der Waals surface area contributed by atoms with Crippen LogP contribution < -0.4 is 10.3 Å². The van der Waals surface area contributed by atoms with E-state index in [0.717, 1.165) is 61.4 Å². The van der Waals surface area contributed by atoms with Gasteiger partial charge in [-0.2, -0.15) is 0 Å². The van der Waals surface area contributed by atoms with E-state index in [4.69, 9.17) is 19.2 Å². The maximum absolute atomic E-state index is 13.5. The summed E-state index contributed by atoms with van der Waals surface area (Å²) in [6.07, 6.45) is 9.73. The van der Waals surface area contributed by atoms with Gasteiger partial charge in [0.15, 0.2) is 5.60 Å². The molecule has 2 aliphatic heterocycles. The van der Waals surface area contributed by atoms with Crippen LogP contribution in [0, 0.1) is 46.3 Å². The largest absolute Gasteiger partial charge is 0.493 e. The summed E-state index contributed by atoms with van der Waals surface area (Å²) in [4.78, 5) is 43.7. The molecule has 3 aromatic rings. The lowest BCUT2D eigenvalue weighted by molar-refractivity contribution is -0.175. The molecule has 312 valence electrons. The van der Waals surface area contributed by atoms with Crippen LogP contribution in [0.15, 0.2) is 35.1 Å². The molecule has 58 heavy (non-hydrogen) atoms. The summed E-state index contributed by atoms with van der Waals surface area (Å²) in [6.45, 7) is 9.58. The predicted octanol–water partition coefficient (Wildman–Crippen LogP) is 6.80. The van der Waals surface area contributed by atoms with Crippen molar-refractivity contribution in [2.75, 3.05) is 13.2 Å². The number of nitrogens with zero attached hydrogens (tertiary/aromatic N) is 2. The fraction of sp³-hybridized carbons (Fsp3) is 0.660. The van der Waals surface area contributed by atoms with Crippen LogP contribution >= 0.6 is 0 Å². The predicted molar refractivity (Wildman–Crippen MR) is 217 cm³/mol. The summed E-state index contributed by atoms with van der Waals surface area (Å²) in [5.41, 5.74) is 1.35. The van der Waals surface area contributed by atoms with Gasteiger partial charge in [-0.15, -0.1) is 0 Å². The average Bonchev–Trinajstić information content (AvgIpc) is 3.76. The summed E-state index contributed by atoms with van der Waals surface area (Å²) in [5.74, 6) is 2.72. The molecule has 4 heterocycles. The molecular weight excluding hydrogens is 737 g/mol. The Labute approximate surface area is 340 Å². The summed E-state index contributed by atoms with van der Waals surface area (Å²) in [6, 6.07) is 9.35. The van der Waals surface area contributed by atoms with Crippen LogP contribution in [0.4, 0.5) is 0 Å². The summed E-state index contributed by atoms with van der Waals surface area (Å²) >= 11 is 0. The maximum atomic E-state index is 13.5. The van der Waals surface area contributed by atoms with Crippen molar-refractivity contribution in [1.29, 1.82) is 0 Å². The monoisotopic (exact) mass is 796 g/mol. The van der Waals surface area contributed by atoms with E-state index < -0.39 is 11.6 Å². The van der Waals surface area contributed by atoms with Crippen LogP contribution in [0.2, 0.25) is 0 Å². The molecule has 4 saturated carbocycles. The molecule has 9 unspecified atom stereocenters. The SMILES string of the molecule is CC[C@@]1(O)C(=O)OCc2c1cc1n(c2=O)Cc2cc3cc(OCCCOC(=O)CC[C@@H](C)C4CCC5C6CCC7CC(O)CCC7(C)C6CC(O)C54C)ccc3nc2-1. The number of hydrogen-bond donors (Lipinski definition) is 3. The minimum atomic E-state index is -1.87. The van der Waals surface area contributed by atoms with Gasteiger partial charge in [0, 0.05) is 29.4 Å². The zero-order chi connectivity index (χ0) is 40.7. The van der Waals surface area contributed by atoms with Gasteiger partial charge in [0.2, 0.25) is 0 Å². The number of aliphatic hydroxyl groups excluding tert-OH is 2. The Hall–Kier alpha value is -3.80. The van der Waals surface area contributed by atoms with E-state index in [0.29, 0.717) is 89.8 Å². The first-order valence-electron chi connectivity index (χ1n) is 22.0. The van der Waals surface area contributed by atoms with E-state index in [9.17, 15) is 29.7 Å². The fourth-order valence-electron chi connectivity index (χ4n) is 13.3. The first-order chi connectivity index (χ1) is 27.8. The maximum Gasteiger partial charge on any atom is 0.343 e.